The molecule has 0 bridgehead atoms. The van der Waals surface area contributed by atoms with Crippen LogP contribution in [0.5, 0.6) is 0 Å². The summed E-state index contributed by atoms with van der Waals surface area (Å²) in [4.78, 5) is 1.16. The average molecular weight is 375 g/mol. The Bertz CT molecular complexity index is 486. The normalized spacial score (nSPS) is 10.8. The summed E-state index contributed by atoms with van der Waals surface area (Å²) in [6.45, 7) is 2.33. The van der Waals surface area contributed by atoms with Gasteiger partial charge in [-0.2, -0.15) is 0 Å². The number of ether oxygens (including phenoxy) is 1. The van der Waals surface area contributed by atoms with Gasteiger partial charge >= 0.3 is 0 Å². The van der Waals surface area contributed by atoms with Gasteiger partial charge in [0.25, 0.3) is 0 Å². The van der Waals surface area contributed by atoms with Crippen molar-refractivity contribution < 1.29 is 4.74 Å². The Morgan fingerprint density at radius 2 is 2.11 bits per heavy atom. The maximum atomic E-state index is 5.00. The summed E-state index contributed by atoms with van der Waals surface area (Å²) in [5, 5.41) is 7.52. The molecule has 0 unspecified atom stereocenters. The molecule has 6 heteroatoms. The third-order valence-electron chi connectivity index (χ3n) is 2.44. The quantitative estimate of drug-likeness (QED) is 0.623. The number of rotatable bonds is 6. The molecule has 0 amide bonds. The molecule has 0 saturated heterocycles. The molecule has 18 heavy (non-hydrogen) atoms. The summed E-state index contributed by atoms with van der Waals surface area (Å²) in [7, 11) is 1.70. The Labute approximate surface area is 124 Å². The molecule has 1 aromatic carbocycles. The summed E-state index contributed by atoms with van der Waals surface area (Å²) in [5.41, 5.74) is 2.09. The number of benzene rings is 1. The van der Waals surface area contributed by atoms with E-state index in [2.05, 4.69) is 61.8 Å². The fourth-order valence-corrected chi connectivity index (χ4v) is 2.52. The Balaban J connectivity index is 2.05. The molecule has 0 aliphatic carbocycles. The van der Waals surface area contributed by atoms with Gasteiger partial charge in [-0.15, -0.1) is 5.10 Å². The Morgan fingerprint density at radius 3 is 2.83 bits per heavy atom. The smallest absolute Gasteiger partial charge is 0.110 e. The predicted molar refractivity (Wildman–Crippen MR) is 81.6 cm³/mol. The SMILES string of the molecule is COCCNCc1snnc1-c1ccc(I)cc1. The van der Waals surface area contributed by atoms with Crippen LogP contribution in [0.4, 0.5) is 0 Å². The third kappa shape index (κ3) is 3.71. The van der Waals surface area contributed by atoms with Crippen LogP contribution in [0.1, 0.15) is 4.88 Å². The van der Waals surface area contributed by atoms with E-state index in [4.69, 9.17) is 4.74 Å². The number of methoxy groups -OCH3 is 1. The highest BCUT2D eigenvalue weighted by Gasteiger charge is 2.09. The van der Waals surface area contributed by atoms with E-state index in [-0.39, 0.29) is 0 Å². The van der Waals surface area contributed by atoms with Gasteiger partial charge in [0.2, 0.25) is 0 Å². The van der Waals surface area contributed by atoms with Crippen LogP contribution >= 0.6 is 34.1 Å². The van der Waals surface area contributed by atoms with Crippen LogP contribution in [0.2, 0.25) is 0 Å². The maximum Gasteiger partial charge on any atom is 0.110 e. The van der Waals surface area contributed by atoms with E-state index in [0.717, 1.165) is 29.2 Å². The first-order valence-electron chi connectivity index (χ1n) is 5.58. The molecular weight excluding hydrogens is 361 g/mol. The highest BCUT2D eigenvalue weighted by Crippen LogP contribution is 2.24. The van der Waals surface area contributed by atoms with Gasteiger partial charge in [0, 0.05) is 29.3 Å². The Morgan fingerprint density at radius 1 is 1.33 bits per heavy atom. The molecule has 1 heterocycles. The first-order valence-corrected chi connectivity index (χ1v) is 7.43. The van der Waals surface area contributed by atoms with Gasteiger partial charge in [-0.25, -0.2) is 0 Å². The van der Waals surface area contributed by atoms with E-state index in [1.54, 1.807) is 7.11 Å². The highest BCUT2D eigenvalue weighted by molar-refractivity contribution is 14.1. The van der Waals surface area contributed by atoms with Crippen LogP contribution in [0.3, 0.4) is 0 Å². The van der Waals surface area contributed by atoms with E-state index >= 15 is 0 Å². The van der Waals surface area contributed by atoms with Crippen molar-refractivity contribution in [3.8, 4) is 11.3 Å². The fourth-order valence-electron chi connectivity index (χ4n) is 1.53. The molecule has 1 aromatic heterocycles. The molecule has 0 spiro atoms. The summed E-state index contributed by atoms with van der Waals surface area (Å²) in [5.74, 6) is 0. The minimum Gasteiger partial charge on any atom is -0.383 e. The lowest BCUT2D eigenvalue weighted by Crippen LogP contribution is -2.18. The lowest BCUT2D eigenvalue weighted by molar-refractivity contribution is 0.199. The third-order valence-corrected chi connectivity index (χ3v) is 3.88. The summed E-state index contributed by atoms with van der Waals surface area (Å²) >= 11 is 3.74. The van der Waals surface area contributed by atoms with Crippen molar-refractivity contribution in [2.75, 3.05) is 20.3 Å². The van der Waals surface area contributed by atoms with Crippen molar-refractivity contribution in [3.05, 3.63) is 32.7 Å². The Kier molecular flexibility index (Phi) is 5.48. The molecule has 96 valence electrons. The van der Waals surface area contributed by atoms with Crippen molar-refractivity contribution in [2.45, 2.75) is 6.54 Å². The molecule has 0 atom stereocenters. The predicted octanol–water partition coefficient (Wildman–Crippen LogP) is 2.55. The van der Waals surface area contributed by atoms with Gasteiger partial charge < -0.3 is 10.1 Å². The molecule has 0 radical (unpaired) electrons. The van der Waals surface area contributed by atoms with E-state index in [0.29, 0.717) is 6.61 Å². The van der Waals surface area contributed by atoms with E-state index in [1.807, 2.05) is 0 Å². The van der Waals surface area contributed by atoms with Gasteiger partial charge in [0.1, 0.15) is 5.69 Å². The van der Waals surface area contributed by atoms with Crippen molar-refractivity contribution >= 4 is 34.1 Å². The number of hydrogen-bond donors (Lipinski definition) is 1. The standard InChI is InChI=1S/C12H14IN3OS/c1-17-7-6-14-8-11-12(15-16-18-11)9-2-4-10(13)5-3-9/h2-5,14H,6-8H2,1H3. The highest BCUT2D eigenvalue weighted by atomic mass is 127. The number of nitrogens with one attached hydrogen (secondary N) is 1. The number of hydrogen-bond acceptors (Lipinski definition) is 5. The molecule has 2 rings (SSSR count). The van der Waals surface area contributed by atoms with Crippen molar-refractivity contribution in [1.82, 2.24) is 14.9 Å². The fraction of sp³-hybridized carbons (Fsp3) is 0.333. The van der Waals surface area contributed by atoms with Gasteiger partial charge in [0.05, 0.1) is 11.5 Å². The first kappa shape index (κ1) is 13.9. The number of halogens is 1. The van der Waals surface area contributed by atoms with Crippen LogP contribution in [0.15, 0.2) is 24.3 Å². The molecule has 2 aromatic rings. The summed E-state index contributed by atoms with van der Waals surface area (Å²) in [6, 6.07) is 8.32. The second kappa shape index (κ2) is 7.13. The zero-order valence-corrected chi connectivity index (χ0v) is 13.0. The maximum absolute atomic E-state index is 5.00. The second-order valence-corrected chi connectivity index (χ2v) is 5.81. The minimum absolute atomic E-state index is 0.713. The first-order chi connectivity index (χ1) is 8.81. The molecule has 0 aliphatic heterocycles. The lowest BCUT2D eigenvalue weighted by Gasteiger charge is -2.04. The van der Waals surface area contributed by atoms with Crippen LogP contribution in [-0.4, -0.2) is 29.8 Å². The van der Waals surface area contributed by atoms with Crippen molar-refractivity contribution in [3.63, 3.8) is 0 Å². The van der Waals surface area contributed by atoms with Crippen LogP contribution in [0.25, 0.3) is 11.3 Å². The van der Waals surface area contributed by atoms with Crippen LogP contribution in [-0.2, 0) is 11.3 Å². The summed E-state index contributed by atoms with van der Waals surface area (Å²) < 4.78 is 10.3. The number of aromatic nitrogens is 2. The van der Waals surface area contributed by atoms with Crippen LogP contribution in [0, 0.1) is 3.57 Å². The second-order valence-electron chi connectivity index (χ2n) is 3.72. The molecule has 0 saturated carbocycles. The summed E-state index contributed by atoms with van der Waals surface area (Å²) in [6.07, 6.45) is 0. The van der Waals surface area contributed by atoms with Gasteiger partial charge in [0.15, 0.2) is 0 Å². The van der Waals surface area contributed by atoms with E-state index < -0.39 is 0 Å². The minimum atomic E-state index is 0.713. The van der Waals surface area contributed by atoms with E-state index in [9.17, 15) is 0 Å². The zero-order valence-electron chi connectivity index (χ0n) is 10.0. The molecule has 4 nitrogen and oxygen atoms in total. The largest absolute Gasteiger partial charge is 0.383 e. The van der Waals surface area contributed by atoms with Crippen molar-refractivity contribution in [2.24, 2.45) is 0 Å². The van der Waals surface area contributed by atoms with Gasteiger partial charge in [-0.1, -0.05) is 16.6 Å². The Hall–Kier alpha value is -0.570. The van der Waals surface area contributed by atoms with Gasteiger partial charge in [-0.3, -0.25) is 0 Å². The molecule has 0 aliphatic rings. The van der Waals surface area contributed by atoms with Crippen molar-refractivity contribution in [1.29, 1.82) is 0 Å². The zero-order chi connectivity index (χ0) is 12.8. The lowest BCUT2D eigenvalue weighted by atomic mass is 10.1. The van der Waals surface area contributed by atoms with Crippen LogP contribution < -0.4 is 5.32 Å². The number of nitrogens with zero attached hydrogens (tertiary/aromatic N) is 2. The van der Waals surface area contributed by atoms with E-state index in [1.165, 1.54) is 15.1 Å². The molecular formula is C12H14IN3OS. The average Bonchev–Trinajstić information content (AvgIpc) is 2.84. The monoisotopic (exact) mass is 375 g/mol. The molecule has 0 fully saturated rings. The van der Waals surface area contributed by atoms with Gasteiger partial charge in [-0.05, 0) is 46.3 Å². The molecule has 1 N–H and O–H groups in total. The topological polar surface area (TPSA) is 47.0 Å².